The standard InChI is InChI=1S/C13H19N5/c1-8-11(10(3)18(4)17-8)7-15-13-6-5-12(14)9(2)16-13/h5-6H,7,14H2,1-4H3,(H,15,16). The molecule has 5 nitrogen and oxygen atoms in total. The fourth-order valence-electron chi connectivity index (χ4n) is 1.92. The van der Waals surface area contributed by atoms with E-state index in [1.54, 1.807) is 0 Å². The number of nitrogens with zero attached hydrogens (tertiary/aromatic N) is 3. The molecule has 2 aromatic heterocycles. The molecule has 0 saturated carbocycles. The maximum absolute atomic E-state index is 5.74. The van der Waals surface area contributed by atoms with Gasteiger partial charge in [0, 0.05) is 24.8 Å². The van der Waals surface area contributed by atoms with Crippen LogP contribution < -0.4 is 11.1 Å². The monoisotopic (exact) mass is 245 g/mol. The molecule has 0 aliphatic rings. The van der Waals surface area contributed by atoms with Crippen molar-refractivity contribution in [3.8, 4) is 0 Å². The first kappa shape index (κ1) is 12.4. The normalized spacial score (nSPS) is 10.7. The average Bonchev–Trinajstić information content (AvgIpc) is 2.56. The van der Waals surface area contributed by atoms with Gasteiger partial charge in [-0.1, -0.05) is 0 Å². The van der Waals surface area contributed by atoms with Crippen molar-refractivity contribution < 1.29 is 0 Å². The molecular weight excluding hydrogens is 226 g/mol. The Hall–Kier alpha value is -2.04. The van der Waals surface area contributed by atoms with E-state index in [1.807, 2.05) is 37.7 Å². The second-order valence-corrected chi connectivity index (χ2v) is 4.50. The van der Waals surface area contributed by atoms with Gasteiger partial charge in [0.2, 0.25) is 0 Å². The summed E-state index contributed by atoms with van der Waals surface area (Å²) in [5.74, 6) is 0.837. The summed E-state index contributed by atoms with van der Waals surface area (Å²) < 4.78 is 1.90. The maximum Gasteiger partial charge on any atom is 0.126 e. The molecular formula is C13H19N5. The fourth-order valence-corrected chi connectivity index (χ4v) is 1.92. The predicted molar refractivity (Wildman–Crippen MR) is 73.4 cm³/mol. The van der Waals surface area contributed by atoms with Gasteiger partial charge in [-0.3, -0.25) is 4.68 Å². The van der Waals surface area contributed by atoms with Crippen LogP contribution in [-0.4, -0.2) is 14.8 Å². The molecule has 0 aliphatic heterocycles. The molecule has 0 fully saturated rings. The lowest BCUT2D eigenvalue weighted by atomic mass is 10.2. The summed E-state index contributed by atoms with van der Waals surface area (Å²) >= 11 is 0. The summed E-state index contributed by atoms with van der Waals surface area (Å²) in [6.45, 7) is 6.72. The van der Waals surface area contributed by atoms with E-state index in [0.29, 0.717) is 5.69 Å². The Morgan fingerprint density at radius 2 is 1.94 bits per heavy atom. The highest BCUT2D eigenvalue weighted by Crippen LogP contribution is 2.16. The number of nitrogen functional groups attached to an aromatic ring is 1. The SMILES string of the molecule is Cc1nc(NCc2c(C)nn(C)c2C)ccc1N. The highest BCUT2D eigenvalue weighted by Gasteiger charge is 2.09. The Kier molecular flexibility index (Phi) is 3.23. The zero-order valence-electron chi connectivity index (χ0n) is 11.3. The van der Waals surface area contributed by atoms with Crippen LogP contribution in [0.4, 0.5) is 11.5 Å². The van der Waals surface area contributed by atoms with Gasteiger partial charge in [0.05, 0.1) is 17.1 Å². The van der Waals surface area contributed by atoms with E-state index in [-0.39, 0.29) is 0 Å². The number of hydrogen-bond acceptors (Lipinski definition) is 4. The van der Waals surface area contributed by atoms with Gasteiger partial charge < -0.3 is 11.1 Å². The van der Waals surface area contributed by atoms with Crippen LogP contribution in [0.3, 0.4) is 0 Å². The van der Waals surface area contributed by atoms with Gasteiger partial charge in [0.1, 0.15) is 5.82 Å². The molecule has 96 valence electrons. The minimum Gasteiger partial charge on any atom is -0.397 e. The van der Waals surface area contributed by atoms with Crippen LogP contribution in [-0.2, 0) is 13.6 Å². The molecule has 0 bridgehead atoms. The highest BCUT2D eigenvalue weighted by molar-refractivity contribution is 5.49. The number of rotatable bonds is 3. The van der Waals surface area contributed by atoms with Crippen LogP contribution in [0.1, 0.15) is 22.6 Å². The molecule has 0 spiro atoms. The number of nitrogens with one attached hydrogen (secondary N) is 1. The van der Waals surface area contributed by atoms with Crippen molar-refractivity contribution in [2.24, 2.45) is 7.05 Å². The van der Waals surface area contributed by atoms with Crippen molar-refractivity contribution in [2.45, 2.75) is 27.3 Å². The molecule has 0 aromatic carbocycles. The molecule has 2 heterocycles. The Balaban J connectivity index is 2.14. The van der Waals surface area contributed by atoms with Crippen LogP contribution in [0.2, 0.25) is 0 Å². The van der Waals surface area contributed by atoms with E-state index in [9.17, 15) is 0 Å². The fraction of sp³-hybridized carbons (Fsp3) is 0.385. The van der Waals surface area contributed by atoms with Crippen molar-refractivity contribution in [3.63, 3.8) is 0 Å². The van der Waals surface area contributed by atoms with E-state index in [4.69, 9.17) is 5.73 Å². The summed E-state index contributed by atoms with van der Waals surface area (Å²) in [5, 5.41) is 7.69. The minimum absolute atomic E-state index is 0.717. The summed E-state index contributed by atoms with van der Waals surface area (Å²) in [6.07, 6.45) is 0. The quantitative estimate of drug-likeness (QED) is 0.867. The number of aryl methyl sites for hydroxylation is 3. The number of nitrogens with two attached hydrogens (primary N) is 1. The first-order valence-electron chi connectivity index (χ1n) is 5.95. The first-order chi connectivity index (χ1) is 8.49. The van der Waals surface area contributed by atoms with Gasteiger partial charge >= 0.3 is 0 Å². The van der Waals surface area contributed by atoms with Crippen LogP contribution in [0.5, 0.6) is 0 Å². The zero-order chi connectivity index (χ0) is 13.3. The number of aromatic nitrogens is 3. The Labute approximate surface area is 107 Å². The zero-order valence-corrected chi connectivity index (χ0v) is 11.3. The van der Waals surface area contributed by atoms with Gasteiger partial charge in [-0.15, -0.1) is 0 Å². The van der Waals surface area contributed by atoms with E-state index in [1.165, 1.54) is 11.3 Å². The van der Waals surface area contributed by atoms with Crippen molar-refractivity contribution >= 4 is 11.5 Å². The van der Waals surface area contributed by atoms with Gasteiger partial charge in [0.25, 0.3) is 0 Å². The van der Waals surface area contributed by atoms with E-state index in [2.05, 4.69) is 22.3 Å². The van der Waals surface area contributed by atoms with Crippen molar-refractivity contribution in [1.29, 1.82) is 0 Å². The molecule has 0 atom stereocenters. The summed E-state index contributed by atoms with van der Waals surface area (Å²) in [7, 11) is 1.96. The number of hydrogen-bond donors (Lipinski definition) is 2. The third-order valence-corrected chi connectivity index (χ3v) is 3.23. The highest BCUT2D eigenvalue weighted by atomic mass is 15.3. The molecule has 2 aromatic rings. The lowest BCUT2D eigenvalue weighted by Crippen LogP contribution is -2.05. The molecule has 0 radical (unpaired) electrons. The lowest BCUT2D eigenvalue weighted by Gasteiger charge is -2.08. The molecule has 2 rings (SSSR count). The van der Waals surface area contributed by atoms with E-state index < -0.39 is 0 Å². The van der Waals surface area contributed by atoms with Gasteiger partial charge in [0.15, 0.2) is 0 Å². The van der Waals surface area contributed by atoms with Crippen molar-refractivity contribution in [1.82, 2.24) is 14.8 Å². The van der Waals surface area contributed by atoms with Crippen molar-refractivity contribution in [2.75, 3.05) is 11.1 Å². The Bertz CT molecular complexity index is 571. The molecule has 18 heavy (non-hydrogen) atoms. The first-order valence-corrected chi connectivity index (χ1v) is 5.95. The topological polar surface area (TPSA) is 68.8 Å². The third-order valence-electron chi connectivity index (χ3n) is 3.23. The number of anilines is 2. The summed E-state index contributed by atoms with van der Waals surface area (Å²) in [4.78, 5) is 4.39. The minimum atomic E-state index is 0.717. The van der Waals surface area contributed by atoms with E-state index in [0.717, 1.165) is 23.8 Å². The van der Waals surface area contributed by atoms with Crippen molar-refractivity contribution in [3.05, 3.63) is 34.8 Å². The van der Waals surface area contributed by atoms with Crippen LogP contribution >= 0.6 is 0 Å². The average molecular weight is 245 g/mol. The molecule has 5 heteroatoms. The molecule has 0 saturated heterocycles. The van der Waals surface area contributed by atoms with Crippen LogP contribution in [0.25, 0.3) is 0 Å². The van der Waals surface area contributed by atoms with Crippen LogP contribution in [0.15, 0.2) is 12.1 Å². The molecule has 0 amide bonds. The summed E-state index contributed by atoms with van der Waals surface area (Å²) in [6, 6.07) is 3.76. The third kappa shape index (κ3) is 2.30. The second-order valence-electron chi connectivity index (χ2n) is 4.50. The Morgan fingerprint density at radius 3 is 2.50 bits per heavy atom. The van der Waals surface area contributed by atoms with Gasteiger partial charge in [-0.25, -0.2) is 4.98 Å². The largest absolute Gasteiger partial charge is 0.397 e. The molecule has 0 aliphatic carbocycles. The smallest absolute Gasteiger partial charge is 0.126 e. The van der Waals surface area contributed by atoms with Crippen LogP contribution in [0, 0.1) is 20.8 Å². The molecule has 3 N–H and O–H groups in total. The second kappa shape index (κ2) is 4.68. The molecule has 0 unspecified atom stereocenters. The summed E-state index contributed by atoms with van der Waals surface area (Å²) in [5.41, 5.74) is 10.7. The van der Waals surface area contributed by atoms with E-state index >= 15 is 0 Å². The maximum atomic E-state index is 5.74. The van der Waals surface area contributed by atoms with Gasteiger partial charge in [-0.2, -0.15) is 5.10 Å². The number of pyridine rings is 1. The van der Waals surface area contributed by atoms with Gasteiger partial charge in [-0.05, 0) is 32.9 Å². The predicted octanol–water partition coefficient (Wildman–Crippen LogP) is 1.93. The Morgan fingerprint density at radius 1 is 1.22 bits per heavy atom. The lowest BCUT2D eigenvalue weighted by molar-refractivity contribution is 0.730.